The van der Waals surface area contributed by atoms with Crippen LogP contribution >= 0.6 is 0 Å². The monoisotopic (exact) mass is 349 g/mol. The molecule has 1 unspecified atom stereocenters. The predicted molar refractivity (Wildman–Crippen MR) is 98.1 cm³/mol. The molecule has 5 heteroatoms. The second kappa shape index (κ2) is 7.04. The van der Waals surface area contributed by atoms with Gasteiger partial charge in [-0.3, -0.25) is 0 Å². The van der Waals surface area contributed by atoms with E-state index < -0.39 is 0 Å². The summed E-state index contributed by atoms with van der Waals surface area (Å²) in [5.74, 6) is -0.278. The number of carbonyl (C=O) groups excluding carboxylic acids is 1. The molecule has 3 aromatic rings. The highest BCUT2D eigenvalue weighted by atomic mass is 19.1. The van der Waals surface area contributed by atoms with E-state index in [-0.39, 0.29) is 17.9 Å². The van der Waals surface area contributed by atoms with E-state index in [0.717, 1.165) is 23.4 Å². The fraction of sp³-hybridized carbons (Fsp3) is 0.190. The number of halogens is 1. The van der Waals surface area contributed by atoms with Crippen LogP contribution in [0.5, 0.6) is 0 Å². The van der Waals surface area contributed by atoms with E-state index >= 15 is 0 Å². The molecule has 1 aliphatic heterocycles. The summed E-state index contributed by atoms with van der Waals surface area (Å²) in [6, 6.07) is 19.9. The van der Waals surface area contributed by atoms with Gasteiger partial charge in [0.1, 0.15) is 5.82 Å². The predicted octanol–water partition coefficient (Wildman–Crippen LogP) is 3.94. The van der Waals surface area contributed by atoms with Crippen LogP contribution in [0.3, 0.4) is 0 Å². The highest BCUT2D eigenvalue weighted by molar-refractivity contribution is 5.75. The van der Waals surface area contributed by atoms with Gasteiger partial charge in [-0.25, -0.2) is 9.18 Å². The Labute approximate surface area is 151 Å². The minimum absolute atomic E-state index is 0.115. The maximum atomic E-state index is 13.4. The average molecular weight is 349 g/mol. The standard InChI is InChI=1S/C21H20FN3O/c22-18-10-8-17(9-11-18)20-19-7-4-12-24(19)13-14-25(20)21(26)23-15-16-5-2-1-3-6-16/h1-12,20H,13-15H2,(H,23,26). The van der Waals surface area contributed by atoms with Gasteiger partial charge in [0.15, 0.2) is 0 Å². The van der Waals surface area contributed by atoms with E-state index in [1.165, 1.54) is 12.1 Å². The molecule has 132 valence electrons. The van der Waals surface area contributed by atoms with Gasteiger partial charge in [-0.1, -0.05) is 42.5 Å². The molecular formula is C21H20FN3O. The van der Waals surface area contributed by atoms with Gasteiger partial charge in [0.2, 0.25) is 0 Å². The summed E-state index contributed by atoms with van der Waals surface area (Å²) in [6.07, 6.45) is 2.02. The molecule has 0 fully saturated rings. The van der Waals surface area contributed by atoms with Gasteiger partial charge in [-0.15, -0.1) is 0 Å². The summed E-state index contributed by atoms with van der Waals surface area (Å²) >= 11 is 0. The van der Waals surface area contributed by atoms with Crippen molar-refractivity contribution in [3.63, 3.8) is 0 Å². The van der Waals surface area contributed by atoms with Crippen molar-refractivity contribution in [2.24, 2.45) is 0 Å². The molecule has 0 saturated heterocycles. The Morgan fingerprint density at radius 2 is 1.77 bits per heavy atom. The van der Waals surface area contributed by atoms with Gasteiger partial charge in [0.25, 0.3) is 0 Å². The van der Waals surface area contributed by atoms with Crippen LogP contribution in [0.4, 0.5) is 9.18 Å². The number of nitrogens with one attached hydrogen (secondary N) is 1. The Balaban J connectivity index is 1.59. The van der Waals surface area contributed by atoms with E-state index in [1.807, 2.05) is 53.6 Å². The number of amides is 2. The van der Waals surface area contributed by atoms with Crippen LogP contribution in [0.2, 0.25) is 0 Å². The number of hydrogen-bond acceptors (Lipinski definition) is 1. The van der Waals surface area contributed by atoms with E-state index in [2.05, 4.69) is 9.88 Å². The fourth-order valence-electron chi connectivity index (χ4n) is 3.47. The normalized spacial score (nSPS) is 16.2. The number of urea groups is 1. The molecule has 0 aliphatic carbocycles. The van der Waals surface area contributed by atoms with Crippen molar-refractivity contribution in [1.82, 2.24) is 14.8 Å². The molecule has 0 radical (unpaired) electrons. The van der Waals surface area contributed by atoms with Gasteiger partial charge >= 0.3 is 6.03 Å². The van der Waals surface area contributed by atoms with Crippen molar-refractivity contribution in [2.75, 3.05) is 6.54 Å². The molecule has 2 aromatic carbocycles. The molecule has 26 heavy (non-hydrogen) atoms. The third-order valence-electron chi connectivity index (χ3n) is 4.77. The zero-order chi connectivity index (χ0) is 17.9. The smallest absolute Gasteiger partial charge is 0.318 e. The minimum Gasteiger partial charge on any atom is -0.348 e. The first-order valence-electron chi connectivity index (χ1n) is 8.71. The van der Waals surface area contributed by atoms with Gasteiger partial charge in [0.05, 0.1) is 6.04 Å². The molecule has 2 amide bonds. The summed E-state index contributed by atoms with van der Waals surface area (Å²) in [5.41, 5.74) is 3.00. The number of rotatable bonds is 3. The van der Waals surface area contributed by atoms with E-state index in [9.17, 15) is 9.18 Å². The zero-order valence-corrected chi connectivity index (χ0v) is 14.3. The van der Waals surface area contributed by atoms with Crippen LogP contribution in [-0.4, -0.2) is 22.0 Å². The number of nitrogens with zero attached hydrogens (tertiary/aromatic N) is 2. The van der Waals surface area contributed by atoms with Crippen molar-refractivity contribution in [3.8, 4) is 0 Å². The largest absolute Gasteiger partial charge is 0.348 e. The van der Waals surface area contributed by atoms with E-state index in [0.29, 0.717) is 13.1 Å². The molecule has 0 spiro atoms. The van der Waals surface area contributed by atoms with Crippen LogP contribution in [0.25, 0.3) is 0 Å². The fourth-order valence-corrected chi connectivity index (χ4v) is 3.47. The number of fused-ring (bicyclic) bond motifs is 1. The lowest BCUT2D eigenvalue weighted by atomic mass is 10.0. The average Bonchev–Trinajstić information content (AvgIpc) is 3.16. The topological polar surface area (TPSA) is 37.3 Å². The van der Waals surface area contributed by atoms with E-state index in [4.69, 9.17) is 0 Å². The summed E-state index contributed by atoms with van der Waals surface area (Å²) in [7, 11) is 0. The molecule has 1 atom stereocenters. The Bertz CT molecular complexity index is 889. The van der Waals surface area contributed by atoms with Crippen LogP contribution in [0.1, 0.15) is 22.9 Å². The van der Waals surface area contributed by atoms with Crippen LogP contribution in [0, 0.1) is 5.82 Å². The van der Waals surface area contributed by atoms with Crippen molar-refractivity contribution >= 4 is 6.03 Å². The van der Waals surface area contributed by atoms with Gasteiger partial charge < -0.3 is 14.8 Å². The molecule has 0 saturated carbocycles. The molecule has 1 aromatic heterocycles. The van der Waals surface area contributed by atoms with Gasteiger partial charge in [-0.2, -0.15) is 0 Å². The molecular weight excluding hydrogens is 329 g/mol. The van der Waals surface area contributed by atoms with Crippen LogP contribution in [0.15, 0.2) is 72.9 Å². The number of carbonyl (C=O) groups is 1. The van der Waals surface area contributed by atoms with Crippen molar-refractivity contribution in [1.29, 1.82) is 0 Å². The molecule has 0 bridgehead atoms. The summed E-state index contributed by atoms with van der Waals surface area (Å²) in [4.78, 5) is 14.7. The Hall–Kier alpha value is -3.08. The second-order valence-electron chi connectivity index (χ2n) is 6.42. The zero-order valence-electron chi connectivity index (χ0n) is 14.3. The lowest BCUT2D eigenvalue weighted by Crippen LogP contribution is -2.47. The lowest BCUT2D eigenvalue weighted by molar-refractivity contribution is 0.168. The molecule has 4 rings (SSSR count). The summed E-state index contributed by atoms with van der Waals surface area (Å²) < 4.78 is 15.5. The van der Waals surface area contributed by atoms with E-state index in [1.54, 1.807) is 12.1 Å². The van der Waals surface area contributed by atoms with Gasteiger partial charge in [-0.05, 0) is 35.4 Å². The SMILES string of the molecule is O=C(NCc1ccccc1)N1CCn2cccc2C1c1ccc(F)cc1. The lowest BCUT2D eigenvalue weighted by Gasteiger charge is -2.37. The number of aromatic nitrogens is 1. The minimum atomic E-state index is -0.278. The first-order valence-corrected chi connectivity index (χ1v) is 8.71. The Morgan fingerprint density at radius 3 is 2.54 bits per heavy atom. The number of hydrogen-bond donors (Lipinski definition) is 1. The van der Waals surface area contributed by atoms with Crippen molar-refractivity contribution < 1.29 is 9.18 Å². The molecule has 2 heterocycles. The molecule has 4 nitrogen and oxygen atoms in total. The van der Waals surface area contributed by atoms with Crippen LogP contribution in [-0.2, 0) is 13.1 Å². The Morgan fingerprint density at radius 1 is 1.00 bits per heavy atom. The number of benzene rings is 2. The maximum Gasteiger partial charge on any atom is 0.318 e. The van der Waals surface area contributed by atoms with Gasteiger partial charge in [0, 0.05) is 31.5 Å². The first-order chi connectivity index (χ1) is 12.7. The first kappa shape index (κ1) is 16.4. The highest BCUT2D eigenvalue weighted by Gasteiger charge is 2.32. The summed E-state index contributed by atoms with van der Waals surface area (Å²) in [5, 5.41) is 3.01. The van der Waals surface area contributed by atoms with Crippen molar-refractivity contribution in [3.05, 3.63) is 95.6 Å². The quantitative estimate of drug-likeness (QED) is 0.764. The van der Waals surface area contributed by atoms with Crippen LogP contribution < -0.4 is 5.32 Å². The second-order valence-corrected chi connectivity index (χ2v) is 6.42. The Kier molecular flexibility index (Phi) is 4.44. The summed E-state index contributed by atoms with van der Waals surface area (Å²) in [6.45, 7) is 1.83. The highest BCUT2D eigenvalue weighted by Crippen LogP contribution is 2.32. The third-order valence-corrected chi connectivity index (χ3v) is 4.77. The van der Waals surface area contributed by atoms with Crippen molar-refractivity contribution in [2.45, 2.75) is 19.1 Å². The molecule has 1 N–H and O–H groups in total. The molecule has 1 aliphatic rings. The third kappa shape index (κ3) is 3.20. The maximum absolute atomic E-state index is 13.4.